The lowest BCUT2D eigenvalue weighted by Gasteiger charge is -2.12. The molecule has 1 fully saturated rings. The van der Waals surface area contributed by atoms with E-state index in [9.17, 15) is 0 Å². The molecule has 0 saturated heterocycles. The predicted octanol–water partition coefficient (Wildman–Crippen LogP) is 6.43. The summed E-state index contributed by atoms with van der Waals surface area (Å²) in [5.41, 5.74) is 8.55. The average molecular weight is 317 g/mol. The Balaban J connectivity index is 1.97. The summed E-state index contributed by atoms with van der Waals surface area (Å²) in [4.78, 5) is 4.69. The first-order valence-corrected chi connectivity index (χ1v) is 8.96. The Kier molecular flexibility index (Phi) is 4.99. The van der Waals surface area contributed by atoms with Gasteiger partial charge in [0.15, 0.2) is 0 Å². The topological polar surface area (TPSA) is 12.9 Å². The highest BCUT2D eigenvalue weighted by Crippen LogP contribution is 2.32. The highest BCUT2D eigenvalue weighted by atomic mass is 14.7. The fraction of sp³-hybridized carbons (Fsp3) is 0.348. The van der Waals surface area contributed by atoms with Crippen molar-refractivity contribution in [3.63, 3.8) is 0 Å². The van der Waals surface area contributed by atoms with Crippen molar-refractivity contribution in [1.82, 2.24) is 4.98 Å². The summed E-state index contributed by atoms with van der Waals surface area (Å²) < 4.78 is 0. The molecule has 1 aliphatic carbocycles. The van der Waals surface area contributed by atoms with Crippen LogP contribution in [0.5, 0.6) is 0 Å². The van der Waals surface area contributed by atoms with Gasteiger partial charge in [0.2, 0.25) is 0 Å². The van der Waals surface area contributed by atoms with Gasteiger partial charge in [-0.1, -0.05) is 54.3 Å². The van der Waals surface area contributed by atoms with E-state index in [0.29, 0.717) is 5.92 Å². The Labute approximate surface area is 146 Å². The second-order valence-electron chi connectivity index (χ2n) is 7.16. The summed E-state index contributed by atoms with van der Waals surface area (Å²) in [6.07, 6.45) is 11.6. The number of allylic oxidation sites excluding steroid dienone is 2. The third-order valence-electron chi connectivity index (χ3n) is 5.05. The smallest absolute Gasteiger partial charge is 0.0777 e. The van der Waals surface area contributed by atoms with Crippen LogP contribution in [0.2, 0.25) is 0 Å². The number of aryl methyl sites for hydroxylation is 3. The lowest BCUT2D eigenvalue weighted by molar-refractivity contribution is 0.660. The van der Waals surface area contributed by atoms with Crippen molar-refractivity contribution in [2.45, 2.75) is 46.5 Å². The highest BCUT2D eigenvalue weighted by Gasteiger charge is 2.16. The Morgan fingerprint density at radius 3 is 2.42 bits per heavy atom. The van der Waals surface area contributed by atoms with E-state index in [0.717, 1.165) is 5.69 Å². The molecule has 0 aliphatic heterocycles. The van der Waals surface area contributed by atoms with E-state index < -0.39 is 0 Å². The maximum Gasteiger partial charge on any atom is 0.0777 e. The Morgan fingerprint density at radius 1 is 1.08 bits per heavy atom. The van der Waals surface area contributed by atoms with Gasteiger partial charge in [-0.25, -0.2) is 0 Å². The average Bonchev–Trinajstić information content (AvgIpc) is 3.07. The van der Waals surface area contributed by atoms with Crippen LogP contribution < -0.4 is 0 Å². The molecule has 0 bridgehead atoms. The maximum atomic E-state index is 4.69. The molecule has 0 radical (unpaired) electrons. The van der Waals surface area contributed by atoms with Crippen molar-refractivity contribution in [2.24, 2.45) is 5.92 Å². The van der Waals surface area contributed by atoms with Crippen molar-refractivity contribution in [1.29, 1.82) is 0 Å². The third-order valence-corrected chi connectivity index (χ3v) is 5.05. The molecular formula is C23H27N. The molecule has 0 N–H and O–H groups in total. The van der Waals surface area contributed by atoms with Gasteiger partial charge in [-0.15, -0.1) is 0 Å². The van der Waals surface area contributed by atoms with Gasteiger partial charge < -0.3 is 0 Å². The minimum atomic E-state index is 0.669. The number of rotatable bonds is 4. The molecular weight excluding hydrogens is 290 g/mol. The molecule has 1 heteroatoms. The standard InChI is InChI=1S/C23H27N/c1-16-13-17(2)15-21(14-16)23-22(19(4)11-12-24-23)10-9-18(3)20-7-5-6-8-20/h9-15,20H,3,5-8H2,1-2,4H3/b10-9-. The van der Waals surface area contributed by atoms with Gasteiger partial charge in [0.1, 0.15) is 0 Å². The maximum absolute atomic E-state index is 4.69. The highest BCUT2D eigenvalue weighted by molar-refractivity contribution is 5.75. The third kappa shape index (κ3) is 3.67. The van der Waals surface area contributed by atoms with Crippen LogP contribution in [-0.2, 0) is 0 Å². The van der Waals surface area contributed by atoms with Crippen LogP contribution in [0.1, 0.15) is 47.9 Å². The molecule has 2 aromatic rings. The van der Waals surface area contributed by atoms with Crippen molar-refractivity contribution in [2.75, 3.05) is 0 Å². The largest absolute Gasteiger partial charge is 0.256 e. The molecule has 1 saturated carbocycles. The fourth-order valence-electron chi connectivity index (χ4n) is 3.74. The second kappa shape index (κ2) is 7.17. The number of aromatic nitrogens is 1. The summed E-state index contributed by atoms with van der Waals surface area (Å²) in [6, 6.07) is 8.73. The first-order chi connectivity index (χ1) is 11.5. The van der Waals surface area contributed by atoms with E-state index in [1.807, 2.05) is 6.20 Å². The number of hydrogen-bond acceptors (Lipinski definition) is 1. The summed E-state index contributed by atoms with van der Waals surface area (Å²) in [5.74, 6) is 0.669. The molecule has 3 rings (SSSR count). The van der Waals surface area contributed by atoms with Gasteiger partial charge in [-0.3, -0.25) is 4.98 Å². The van der Waals surface area contributed by atoms with Crippen LogP contribution in [-0.4, -0.2) is 4.98 Å². The minimum absolute atomic E-state index is 0.669. The quantitative estimate of drug-likeness (QED) is 0.592. The molecule has 124 valence electrons. The Morgan fingerprint density at radius 2 is 1.75 bits per heavy atom. The van der Waals surface area contributed by atoms with Crippen LogP contribution >= 0.6 is 0 Å². The lowest BCUT2D eigenvalue weighted by Crippen LogP contribution is -1.96. The molecule has 1 aliphatic rings. The van der Waals surface area contributed by atoms with Gasteiger partial charge in [0.25, 0.3) is 0 Å². The molecule has 1 heterocycles. The van der Waals surface area contributed by atoms with Crippen molar-refractivity contribution in [3.8, 4) is 11.3 Å². The zero-order valence-corrected chi connectivity index (χ0v) is 15.1. The van der Waals surface area contributed by atoms with Crippen molar-refractivity contribution >= 4 is 6.08 Å². The van der Waals surface area contributed by atoms with Crippen LogP contribution in [0.4, 0.5) is 0 Å². The van der Waals surface area contributed by atoms with E-state index in [1.54, 1.807) is 0 Å². The molecule has 0 amide bonds. The molecule has 0 unspecified atom stereocenters. The molecule has 1 aromatic carbocycles. The summed E-state index contributed by atoms with van der Waals surface area (Å²) >= 11 is 0. The number of benzene rings is 1. The van der Waals surface area contributed by atoms with Crippen molar-refractivity contribution in [3.05, 3.63) is 70.9 Å². The van der Waals surface area contributed by atoms with E-state index in [1.165, 1.54) is 59.1 Å². The van der Waals surface area contributed by atoms with Crippen LogP contribution in [0.25, 0.3) is 17.3 Å². The SMILES string of the molecule is C=C(/C=C\c1c(C)ccnc1-c1cc(C)cc(C)c1)C1CCCC1. The Bertz CT molecular complexity index is 756. The molecule has 24 heavy (non-hydrogen) atoms. The number of hydrogen-bond donors (Lipinski definition) is 0. The van der Waals surface area contributed by atoms with Crippen LogP contribution in [0, 0.1) is 26.7 Å². The zero-order chi connectivity index (χ0) is 17.1. The summed E-state index contributed by atoms with van der Waals surface area (Å²) in [5, 5.41) is 0. The zero-order valence-electron chi connectivity index (χ0n) is 15.1. The second-order valence-corrected chi connectivity index (χ2v) is 7.16. The van der Waals surface area contributed by atoms with E-state index >= 15 is 0 Å². The van der Waals surface area contributed by atoms with Gasteiger partial charge in [-0.2, -0.15) is 0 Å². The van der Waals surface area contributed by atoms with Gasteiger partial charge >= 0.3 is 0 Å². The van der Waals surface area contributed by atoms with E-state index in [4.69, 9.17) is 0 Å². The predicted molar refractivity (Wildman–Crippen MR) is 104 cm³/mol. The van der Waals surface area contributed by atoms with Crippen LogP contribution in [0.3, 0.4) is 0 Å². The summed E-state index contributed by atoms with van der Waals surface area (Å²) in [6.45, 7) is 10.7. The minimum Gasteiger partial charge on any atom is -0.256 e. The number of nitrogens with zero attached hydrogens (tertiary/aromatic N) is 1. The monoisotopic (exact) mass is 317 g/mol. The van der Waals surface area contributed by atoms with Crippen molar-refractivity contribution < 1.29 is 0 Å². The first kappa shape index (κ1) is 16.7. The molecule has 0 atom stereocenters. The van der Waals surface area contributed by atoms with E-state index in [2.05, 4.69) is 68.8 Å². The first-order valence-electron chi connectivity index (χ1n) is 8.96. The fourth-order valence-corrected chi connectivity index (χ4v) is 3.74. The molecule has 1 nitrogen and oxygen atoms in total. The summed E-state index contributed by atoms with van der Waals surface area (Å²) in [7, 11) is 0. The molecule has 1 aromatic heterocycles. The normalized spacial score (nSPS) is 15.3. The lowest BCUT2D eigenvalue weighted by atomic mass is 9.95. The van der Waals surface area contributed by atoms with Gasteiger partial charge in [0, 0.05) is 17.3 Å². The van der Waals surface area contributed by atoms with Gasteiger partial charge in [0.05, 0.1) is 5.69 Å². The van der Waals surface area contributed by atoms with Gasteiger partial charge in [-0.05, 0) is 63.3 Å². The number of pyridine rings is 1. The van der Waals surface area contributed by atoms with Crippen LogP contribution in [0.15, 0.2) is 48.7 Å². The molecule has 0 spiro atoms. The Hall–Kier alpha value is -2.15. The van der Waals surface area contributed by atoms with E-state index in [-0.39, 0.29) is 0 Å².